The third kappa shape index (κ3) is 8.15. The van der Waals surface area contributed by atoms with Gasteiger partial charge in [-0.15, -0.1) is 0 Å². The smallest absolute Gasteiger partial charge is 0.337 e. The fourth-order valence-corrected chi connectivity index (χ4v) is 5.35. The van der Waals surface area contributed by atoms with Gasteiger partial charge >= 0.3 is 5.97 Å². The van der Waals surface area contributed by atoms with Crippen LogP contribution in [-0.2, 0) is 16.1 Å². The highest BCUT2D eigenvalue weighted by Crippen LogP contribution is 2.42. The van der Waals surface area contributed by atoms with Gasteiger partial charge in [0.25, 0.3) is 5.91 Å². The number of ether oxygens (including phenoxy) is 1. The molecule has 10 heteroatoms. The summed E-state index contributed by atoms with van der Waals surface area (Å²) in [5.74, 6) is -2.78. The van der Waals surface area contributed by atoms with Crippen molar-refractivity contribution in [2.75, 3.05) is 7.11 Å². The van der Waals surface area contributed by atoms with E-state index in [1.807, 2.05) is 48.7 Å². The van der Waals surface area contributed by atoms with E-state index in [-0.39, 0.29) is 19.0 Å². The Hall–Kier alpha value is -5.06. The van der Waals surface area contributed by atoms with E-state index in [0.29, 0.717) is 39.2 Å². The molecule has 3 aromatic carbocycles. The maximum Gasteiger partial charge on any atom is 0.337 e. The van der Waals surface area contributed by atoms with Crippen LogP contribution in [0.5, 0.6) is 0 Å². The van der Waals surface area contributed by atoms with Gasteiger partial charge < -0.3 is 34.7 Å². The number of aliphatic hydroxyl groups is 2. The predicted octanol–water partition coefficient (Wildman–Crippen LogP) is 4.52. The van der Waals surface area contributed by atoms with Gasteiger partial charge in [0, 0.05) is 48.2 Å². The van der Waals surface area contributed by atoms with E-state index in [1.165, 1.54) is 25.3 Å². The van der Waals surface area contributed by atoms with Crippen molar-refractivity contribution in [3.8, 4) is 22.3 Å². The molecule has 4 aromatic rings. The number of hydrogen-bond donors (Lipinski definition) is 3. The molecule has 9 nitrogen and oxygen atoms in total. The molecule has 0 bridgehead atoms. The lowest BCUT2D eigenvalue weighted by Gasteiger charge is -2.18. The molecule has 1 aromatic heterocycles. The molecule has 0 unspecified atom stereocenters. The molecule has 240 valence electrons. The van der Waals surface area contributed by atoms with Gasteiger partial charge in [-0.3, -0.25) is 4.79 Å². The summed E-state index contributed by atoms with van der Waals surface area (Å²) in [6, 6.07) is 21.6. The molecule has 0 spiro atoms. The Morgan fingerprint density at radius 1 is 0.957 bits per heavy atom. The first kappa shape index (κ1) is 33.8. The highest BCUT2D eigenvalue weighted by atomic mass is 19.1. The zero-order valence-corrected chi connectivity index (χ0v) is 25.8. The van der Waals surface area contributed by atoms with Crippen molar-refractivity contribution in [2.45, 2.75) is 51.5 Å². The van der Waals surface area contributed by atoms with Gasteiger partial charge in [0.1, 0.15) is 11.5 Å². The number of rotatable bonds is 13. The number of amides is 1. The second kappa shape index (κ2) is 15.3. The van der Waals surface area contributed by atoms with Crippen LogP contribution in [0.1, 0.15) is 64.8 Å². The molecule has 0 aliphatic rings. The summed E-state index contributed by atoms with van der Waals surface area (Å²) in [5.41, 5.74) is 4.40. The fraction of sp³-hybridized carbons (Fsp3) is 0.250. The van der Waals surface area contributed by atoms with Gasteiger partial charge in [-0.1, -0.05) is 60.7 Å². The van der Waals surface area contributed by atoms with Gasteiger partial charge in [-0.2, -0.15) is 0 Å². The summed E-state index contributed by atoms with van der Waals surface area (Å²) < 4.78 is 20.7. The minimum atomic E-state index is -1.43. The molecule has 0 saturated carbocycles. The van der Waals surface area contributed by atoms with Crippen LogP contribution in [0, 0.1) is 5.82 Å². The topological polar surface area (TPSA) is 141 Å². The van der Waals surface area contributed by atoms with E-state index < -0.39 is 42.3 Å². The van der Waals surface area contributed by atoms with Gasteiger partial charge in [-0.05, 0) is 60.9 Å². The number of aromatic nitrogens is 1. The summed E-state index contributed by atoms with van der Waals surface area (Å²) in [4.78, 5) is 37.2. The van der Waals surface area contributed by atoms with Crippen molar-refractivity contribution in [2.24, 2.45) is 0 Å². The SMILES string of the molecule is COC(=O)c1cccc(CNC(=O)c2c(-c3ccccc3)c(-c3ccc(F)cc3)c(/C=C/[C@@H](O)C[C@@H](O)CC(=O)[O-])n2C(C)C)c1. The second-order valence-electron chi connectivity index (χ2n) is 11.1. The van der Waals surface area contributed by atoms with Gasteiger partial charge in [-0.25, -0.2) is 9.18 Å². The average Bonchev–Trinajstić information content (AvgIpc) is 3.38. The number of aliphatic carboxylic acids is 1. The molecular weight excluding hydrogens is 591 g/mol. The lowest BCUT2D eigenvalue weighted by atomic mass is 9.94. The van der Waals surface area contributed by atoms with E-state index in [1.54, 1.807) is 42.5 Å². The maximum atomic E-state index is 14.2. The van der Waals surface area contributed by atoms with Crippen LogP contribution in [0.25, 0.3) is 28.3 Å². The zero-order valence-electron chi connectivity index (χ0n) is 25.8. The summed E-state index contributed by atoms with van der Waals surface area (Å²) in [7, 11) is 1.29. The number of hydrogen-bond acceptors (Lipinski definition) is 7. The monoisotopic (exact) mass is 627 g/mol. The molecule has 0 aliphatic carbocycles. The van der Waals surface area contributed by atoms with Crippen LogP contribution in [0.15, 0.2) is 84.9 Å². The molecule has 46 heavy (non-hydrogen) atoms. The van der Waals surface area contributed by atoms with Gasteiger partial charge in [0.15, 0.2) is 0 Å². The van der Waals surface area contributed by atoms with Gasteiger partial charge in [0.05, 0.1) is 24.9 Å². The fourth-order valence-electron chi connectivity index (χ4n) is 5.35. The Balaban J connectivity index is 1.88. The number of nitrogens with zero attached hydrogens (tertiary/aromatic N) is 1. The number of carbonyl (C=O) groups is 3. The van der Waals surface area contributed by atoms with Crippen molar-refractivity contribution in [1.29, 1.82) is 0 Å². The first-order valence-corrected chi connectivity index (χ1v) is 14.8. The summed E-state index contributed by atoms with van der Waals surface area (Å²) in [6.07, 6.45) is -0.365. The zero-order chi connectivity index (χ0) is 33.4. The lowest BCUT2D eigenvalue weighted by molar-refractivity contribution is -0.307. The van der Waals surface area contributed by atoms with Crippen LogP contribution in [-0.4, -0.2) is 51.9 Å². The molecule has 1 amide bonds. The quantitative estimate of drug-likeness (QED) is 0.185. The average molecular weight is 628 g/mol. The predicted molar refractivity (Wildman–Crippen MR) is 170 cm³/mol. The largest absolute Gasteiger partial charge is 0.550 e. The number of nitrogens with one attached hydrogen (secondary N) is 1. The molecule has 0 aliphatic heterocycles. The van der Waals surface area contributed by atoms with Gasteiger partial charge in [0.2, 0.25) is 0 Å². The molecule has 4 rings (SSSR count). The minimum absolute atomic E-state index is 0.104. The summed E-state index contributed by atoms with van der Waals surface area (Å²) >= 11 is 0. The van der Waals surface area contributed by atoms with E-state index in [9.17, 15) is 34.1 Å². The number of carbonyl (C=O) groups excluding carboxylic acids is 3. The number of halogens is 1. The van der Waals surface area contributed by atoms with Crippen molar-refractivity contribution in [1.82, 2.24) is 9.88 Å². The number of esters is 1. The van der Waals surface area contributed by atoms with Crippen LogP contribution in [0.2, 0.25) is 0 Å². The second-order valence-corrected chi connectivity index (χ2v) is 11.1. The molecular formula is C36H36FN2O7-. The number of benzene rings is 3. The summed E-state index contributed by atoms with van der Waals surface area (Å²) in [5, 5.41) is 34.6. The molecule has 0 radical (unpaired) electrons. The number of carboxylic acid groups (broad SMARTS) is 1. The van der Waals surface area contributed by atoms with Crippen molar-refractivity contribution < 1.29 is 38.8 Å². The number of carboxylic acids is 1. The Bertz CT molecular complexity index is 1710. The molecule has 2 atom stereocenters. The number of methoxy groups -OCH3 is 1. The highest BCUT2D eigenvalue weighted by Gasteiger charge is 2.29. The Morgan fingerprint density at radius 2 is 1.63 bits per heavy atom. The van der Waals surface area contributed by atoms with E-state index >= 15 is 0 Å². The number of aliphatic hydroxyl groups excluding tert-OH is 2. The third-order valence-corrected chi connectivity index (χ3v) is 7.36. The van der Waals surface area contributed by atoms with E-state index in [4.69, 9.17) is 4.74 Å². The summed E-state index contributed by atoms with van der Waals surface area (Å²) in [6.45, 7) is 3.90. The minimum Gasteiger partial charge on any atom is -0.550 e. The normalized spacial score (nSPS) is 12.7. The van der Waals surface area contributed by atoms with E-state index in [2.05, 4.69) is 5.32 Å². The first-order chi connectivity index (χ1) is 22.0. The van der Waals surface area contributed by atoms with Crippen molar-refractivity contribution in [3.05, 3.63) is 113 Å². The maximum absolute atomic E-state index is 14.2. The first-order valence-electron chi connectivity index (χ1n) is 14.8. The van der Waals surface area contributed by atoms with Crippen LogP contribution in [0.4, 0.5) is 4.39 Å². The Morgan fingerprint density at radius 3 is 2.26 bits per heavy atom. The Labute approximate surface area is 266 Å². The van der Waals surface area contributed by atoms with E-state index in [0.717, 1.165) is 5.56 Å². The standard InChI is InChI=1S/C36H37FN2O7/c1-22(2)39-30(17-16-28(40)19-29(41)20-31(42)43)32(25-12-14-27(37)15-13-25)33(24-9-5-4-6-10-24)34(39)35(44)38-21-23-8-7-11-26(18-23)36(45)46-3/h4-18,22,28-29,40-41H,19-21H2,1-3H3,(H,38,44)(H,42,43)/p-1/b17-16+/t28-,29-/m1/s1. The highest BCUT2D eigenvalue weighted by molar-refractivity contribution is 6.06. The molecule has 1 heterocycles. The third-order valence-electron chi connectivity index (χ3n) is 7.36. The van der Waals surface area contributed by atoms with Crippen molar-refractivity contribution in [3.63, 3.8) is 0 Å². The molecule has 0 fully saturated rings. The molecule has 3 N–H and O–H groups in total. The lowest BCUT2D eigenvalue weighted by Crippen LogP contribution is -2.29. The Kier molecular flexibility index (Phi) is 11.2. The van der Waals surface area contributed by atoms with Crippen LogP contribution < -0.4 is 10.4 Å². The van der Waals surface area contributed by atoms with Crippen LogP contribution in [0.3, 0.4) is 0 Å². The van der Waals surface area contributed by atoms with Crippen LogP contribution >= 0.6 is 0 Å². The van der Waals surface area contributed by atoms with Crippen molar-refractivity contribution >= 4 is 23.9 Å². The molecule has 0 saturated heterocycles.